The number of hydrogen-bond acceptors (Lipinski definition) is 4. The first kappa shape index (κ1) is 11.1. The average molecular weight is 229 g/mol. The molecule has 1 aromatic heterocycles. The molecule has 5 heteroatoms. The fourth-order valence-corrected chi connectivity index (χ4v) is 1.43. The third-order valence-electron chi connectivity index (χ3n) is 2.29. The van der Waals surface area contributed by atoms with E-state index in [1.165, 1.54) is 6.33 Å². The standard InChI is InChI=1S/C12H11N3O2/c1-17-9-4-2-3-8(5-9)10-6-11(12(13)16)15-7-14-10/h2-7H,1H3,(H2,13,16). The van der Waals surface area contributed by atoms with Gasteiger partial charge in [0, 0.05) is 5.56 Å². The first-order valence-corrected chi connectivity index (χ1v) is 4.97. The van der Waals surface area contributed by atoms with E-state index in [0.717, 1.165) is 11.3 Å². The molecule has 1 amide bonds. The molecule has 0 saturated heterocycles. The number of nitrogens with zero attached hydrogens (tertiary/aromatic N) is 2. The molecule has 0 fully saturated rings. The molecule has 86 valence electrons. The average Bonchev–Trinajstić information content (AvgIpc) is 2.39. The van der Waals surface area contributed by atoms with E-state index in [2.05, 4.69) is 9.97 Å². The molecule has 2 aromatic rings. The number of hydrogen-bond donors (Lipinski definition) is 1. The van der Waals surface area contributed by atoms with Crippen LogP contribution in [-0.2, 0) is 0 Å². The summed E-state index contributed by atoms with van der Waals surface area (Å²) in [7, 11) is 1.59. The summed E-state index contributed by atoms with van der Waals surface area (Å²) in [5.74, 6) is 0.151. The third-order valence-corrected chi connectivity index (χ3v) is 2.29. The highest BCUT2D eigenvalue weighted by Crippen LogP contribution is 2.21. The van der Waals surface area contributed by atoms with Gasteiger partial charge in [-0.1, -0.05) is 12.1 Å². The quantitative estimate of drug-likeness (QED) is 0.859. The van der Waals surface area contributed by atoms with Crippen LogP contribution in [0.15, 0.2) is 36.7 Å². The van der Waals surface area contributed by atoms with Crippen molar-refractivity contribution in [2.45, 2.75) is 0 Å². The van der Waals surface area contributed by atoms with Crippen molar-refractivity contribution in [3.8, 4) is 17.0 Å². The number of primary amides is 1. The smallest absolute Gasteiger partial charge is 0.267 e. The van der Waals surface area contributed by atoms with Crippen molar-refractivity contribution in [3.05, 3.63) is 42.4 Å². The molecule has 0 unspecified atom stereocenters. The highest BCUT2D eigenvalue weighted by molar-refractivity contribution is 5.91. The number of aromatic nitrogens is 2. The Morgan fingerprint density at radius 2 is 2.12 bits per heavy atom. The molecule has 2 rings (SSSR count). The topological polar surface area (TPSA) is 78.1 Å². The molecule has 5 nitrogen and oxygen atoms in total. The van der Waals surface area contributed by atoms with E-state index in [0.29, 0.717) is 5.69 Å². The second-order valence-corrected chi connectivity index (χ2v) is 3.38. The van der Waals surface area contributed by atoms with Gasteiger partial charge in [0.2, 0.25) is 0 Å². The molecule has 0 aliphatic carbocycles. The van der Waals surface area contributed by atoms with Crippen LogP contribution in [0.1, 0.15) is 10.5 Å². The Kier molecular flexibility index (Phi) is 3.00. The molecule has 0 aliphatic heterocycles. The fraction of sp³-hybridized carbons (Fsp3) is 0.0833. The minimum atomic E-state index is -0.573. The molecular formula is C12H11N3O2. The Morgan fingerprint density at radius 1 is 1.29 bits per heavy atom. The monoisotopic (exact) mass is 229 g/mol. The van der Waals surface area contributed by atoms with Crippen molar-refractivity contribution in [1.29, 1.82) is 0 Å². The summed E-state index contributed by atoms with van der Waals surface area (Å²) >= 11 is 0. The van der Waals surface area contributed by atoms with E-state index in [1.807, 2.05) is 24.3 Å². The fourth-order valence-electron chi connectivity index (χ4n) is 1.43. The molecular weight excluding hydrogens is 218 g/mol. The predicted molar refractivity (Wildman–Crippen MR) is 62.5 cm³/mol. The molecule has 17 heavy (non-hydrogen) atoms. The van der Waals surface area contributed by atoms with Crippen molar-refractivity contribution in [3.63, 3.8) is 0 Å². The molecule has 2 N–H and O–H groups in total. The van der Waals surface area contributed by atoms with Gasteiger partial charge in [-0.25, -0.2) is 9.97 Å². The number of methoxy groups -OCH3 is 1. The van der Waals surface area contributed by atoms with Crippen LogP contribution >= 0.6 is 0 Å². The van der Waals surface area contributed by atoms with Gasteiger partial charge in [-0.05, 0) is 18.2 Å². The summed E-state index contributed by atoms with van der Waals surface area (Å²) < 4.78 is 5.12. The number of ether oxygens (including phenoxy) is 1. The van der Waals surface area contributed by atoms with Gasteiger partial charge >= 0.3 is 0 Å². The van der Waals surface area contributed by atoms with Crippen LogP contribution < -0.4 is 10.5 Å². The van der Waals surface area contributed by atoms with Crippen LogP contribution in [0.2, 0.25) is 0 Å². The lowest BCUT2D eigenvalue weighted by atomic mass is 10.1. The maximum Gasteiger partial charge on any atom is 0.267 e. The molecule has 0 spiro atoms. The first-order chi connectivity index (χ1) is 8.20. The molecule has 1 aromatic carbocycles. The summed E-state index contributed by atoms with van der Waals surface area (Å²) in [6.45, 7) is 0. The summed E-state index contributed by atoms with van der Waals surface area (Å²) in [5.41, 5.74) is 6.83. The number of carbonyl (C=O) groups excluding carboxylic acids is 1. The van der Waals surface area contributed by atoms with E-state index < -0.39 is 5.91 Å². The van der Waals surface area contributed by atoms with Gasteiger partial charge in [0.1, 0.15) is 17.8 Å². The lowest BCUT2D eigenvalue weighted by Gasteiger charge is -2.04. The van der Waals surface area contributed by atoms with Crippen molar-refractivity contribution in [1.82, 2.24) is 9.97 Å². The summed E-state index contributed by atoms with van der Waals surface area (Å²) in [5, 5.41) is 0. The second kappa shape index (κ2) is 4.61. The number of amides is 1. The third kappa shape index (κ3) is 2.39. The van der Waals surface area contributed by atoms with Gasteiger partial charge in [-0.2, -0.15) is 0 Å². The van der Waals surface area contributed by atoms with E-state index in [1.54, 1.807) is 13.2 Å². The zero-order chi connectivity index (χ0) is 12.3. The normalized spacial score (nSPS) is 9.94. The van der Waals surface area contributed by atoms with E-state index in [9.17, 15) is 4.79 Å². The number of benzene rings is 1. The van der Waals surface area contributed by atoms with E-state index in [4.69, 9.17) is 10.5 Å². The number of carbonyl (C=O) groups is 1. The minimum Gasteiger partial charge on any atom is -0.497 e. The summed E-state index contributed by atoms with van der Waals surface area (Å²) in [6, 6.07) is 8.93. The second-order valence-electron chi connectivity index (χ2n) is 3.38. The van der Waals surface area contributed by atoms with Crippen LogP contribution in [0, 0.1) is 0 Å². The van der Waals surface area contributed by atoms with Gasteiger partial charge in [-0.15, -0.1) is 0 Å². The Bertz CT molecular complexity index is 555. The van der Waals surface area contributed by atoms with Crippen LogP contribution in [0.4, 0.5) is 0 Å². The Morgan fingerprint density at radius 3 is 2.82 bits per heavy atom. The van der Waals surface area contributed by atoms with Crippen molar-refractivity contribution in [2.24, 2.45) is 5.73 Å². The van der Waals surface area contributed by atoms with E-state index in [-0.39, 0.29) is 5.69 Å². The molecule has 0 bridgehead atoms. The van der Waals surface area contributed by atoms with Crippen LogP contribution in [0.5, 0.6) is 5.75 Å². The van der Waals surface area contributed by atoms with Crippen molar-refractivity contribution >= 4 is 5.91 Å². The maximum absolute atomic E-state index is 11.0. The molecule has 0 saturated carbocycles. The Labute approximate surface area is 98.3 Å². The SMILES string of the molecule is COc1cccc(-c2cc(C(N)=O)ncn2)c1. The molecule has 0 radical (unpaired) electrons. The zero-order valence-corrected chi connectivity index (χ0v) is 9.25. The number of rotatable bonds is 3. The predicted octanol–water partition coefficient (Wildman–Crippen LogP) is 1.25. The van der Waals surface area contributed by atoms with Gasteiger partial charge in [-0.3, -0.25) is 4.79 Å². The minimum absolute atomic E-state index is 0.192. The lowest BCUT2D eigenvalue weighted by Crippen LogP contribution is -2.13. The Hall–Kier alpha value is -2.43. The zero-order valence-electron chi connectivity index (χ0n) is 9.25. The van der Waals surface area contributed by atoms with Crippen LogP contribution in [-0.4, -0.2) is 23.0 Å². The number of nitrogens with two attached hydrogens (primary N) is 1. The van der Waals surface area contributed by atoms with Gasteiger partial charge < -0.3 is 10.5 Å². The van der Waals surface area contributed by atoms with Gasteiger partial charge in [0.15, 0.2) is 0 Å². The maximum atomic E-state index is 11.0. The first-order valence-electron chi connectivity index (χ1n) is 4.97. The molecule has 1 heterocycles. The molecule has 0 atom stereocenters. The lowest BCUT2D eigenvalue weighted by molar-refractivity contribution is 0.0995. The Balaban J connectivity index is 2.45. The largest absolute Gasteiger partial charge is 0.497 e. The highest BCUT2D eigenvalue weighted by atomic mass is 16.5. The van der Waals surface area contributed by atoms with Crippen molar-refractivity contribution in [2.75, 3.05) is 7.11 Å². The molecule has 0 aliphatic rings. The van der Waals surface area contributed by atoms with Gasteiger partial charge in [0.25, 0.3) is 5.91 Å². The van der Waals surface area contributed by atoms with E-state index >= 15 is 0 Å². The highest BCUT2D eigenvalue weighted by Gasteiger charge is 2.06. The van der Waals surface area contributed by atoms with Gasteiger partial charge in [0.05, 0.1) is 12.8 Å². The van der Waals surface area contributed by atoms with Crippen LogP contribution in [0.3, 0.4) is 0 Å². The summed E-state index contributed by atoms with van der Waals surface area (Å²) in [6.07, 6.45) is 1.31. The van der Waals surface area contributed by atoms with Crippen molar-refractivity contribution < 1.29 is 9.53 Å². The summed E-state index contributed by atoms with van der Waals surface area (Å²) in [4.78, 5) is 18.9. The van der Waals surface area contributed by atoms with Crippen LogP contribution in [0.25, 0.3) is 11.3 Å².